The molecule has 0 aromatic carbocycles. The van der Waals surface area contributed by atoms with E-state index in [9.17, 15) is 38.4 Å². The van der Waals surface area contributed by atoms with E-state index in [1.807, 2.05) is 20.8 Å². The number of esters is 3. The number of hydrogen-bond donors (Lipinski definition) is 3. The van der Waals surface area contributed by atoms with E-state index in [0.29, 0.717) is 12.4 Å². The molecule has 1 heterocycles. The Kier molecular flexibility index (Phi) is 32.2. The molecule has 1 saturated heterocycles. The molecule has 3 N–H and O–H groups in total. The summed E-state index contributed by atoms with van der Waals surface area (Å²) in [6.07, 6.45) is 0.143. The zero-order valence-electron chi connectivity index (χ0n) is 43.9. The van der Waals surface area contributed by atoms with Crippen LogP contribution in [0.2, 0.25) is 0 Å². The number of amides is 5. The molecule has 0 aromatic rings. The maximum absolute atomic E-state index is 12.9. The Labute approximate surface area is 423 Å². The Morgan fingerprint density at radius 1 is 0.521 bits per heavy atom. The van der Waals surface area contributed by atoms with Gasteiger partial charge in [0.2, 0.25) is 29.5 Å². The van der Waals surface area contributed by atoms with Gasteiger partial charge in [-0.15, -0.1) is 11.8 Å². The number of carbonyl (C=O) groups is 8. The van der Waals surface area contributed by atoms with Gasteiger partial charge in [-0.05, 0) is 38.5 Å². The van der Waals surface area contributed by atoms with Gasteiger partial charge in [0, 0.05) is 17.7 Å². The molecule has 410 valence electrons. The third-order valence-corrected chi connectivity index (χ3v) is 11.6. The van der Waals surface area contributed by atoms with Crippen LogP contribution in [-0.4, -0.2) is 214 Å². The summed E-state index contributed by atoms with van der Waals surface area (Å²) in [5.41, 5.74) is -1.59. The number of nitrogens with one attached hydrogen (secondary N) is 3. The Balaban J connectivity index is 3.02. The summed E-state index contributed by atoms with van der Waals surface area (Å²) in [5.74, 6) is -3.84. The summed E-state index contributed by atoms with van der Waals surface area (Å²) in [6, 6.07) is -2.53. The molecule has 0 aliphatic carbocycles. The van der Waals surface area contributed by atoms with Crippen LogP contribution < -0.4 is 16.0 Å². The number of ether oxygens (including phenoxy) is 11. The summed E-state index contributed by atoms with van der Waals surface area (Å²) in [4.78, 5) is 101. The van der Waals surface area contributed by atoms with Crippen molar-refractivity contribution in [2.24, 2.45) is 23.2 Å². The first kappa shape index (κ1) is 65.0. The van der Waals surface area contributed by atoms with E-state index in [0.717, 1.165) is 0 Å². The lowest BCUT2D eigenvalue weighted by molar-refractivity contribution is -0.147. The second-order valence-electron chi connectivity index (χ2n) is 18.7. The van der Waals surface area contributed by atoms with E-state index in [1.165, 1.54) is 38.0 Å². The van der Waals surface area contributed by atoms with Gasteiger partial charge < -0.3 is 68.1 Å². The molecule has 0 saturated carbocycles. The summed E-state index contributed by atoms with van der Waals surface area (Å²) in [5, 5.41) is 7.35. The molecule has 0 aromatic heterocycles. The normalized spacial score (nSPS) is 16.2. The van der Waals surface area contributed by atoms with Crippen LogP contribution in [0.25, 0.3) is 0 Å². The monoisotopic (exact) mass is 1040 g/mol. The van der Waals surface area contributed by atoms with Crippen molar-refractivity contribution in [2.75, 3.05) is 133 Å². The van der Waals surface area contributed by atoms with E-state index in [1.54, 1.807) is 41.5 Å². The fraction of sp³-hybridized carbons (Fsp3) is 0.830. The fourth-order valence-electron chi connectivity index (χ4n) is 6.68. The number of rotatable bonds is 39. The summed E-state index contributed by atoms with van der Waals surface area (Å²) in [7, 11) is 3.71. The van der Waals surface area contributed by atoms with Crippen LogP contribution in [0.4, 0.5) is 0 Å². The van der Waals surface area contributed by atoms with E-state index >= 15 is 0 Å². The van der Waals surface area contributed by atoms with Crippen molar-refractivity contribution in [1.82, 2.24) is 20.9 Å². The molecule has 24 heteroatoms. The van der Waals surface area contributed by atoms with Crippen molar-refractivity contribution < 1.29 is 90.5 Å². The van der Waals surface area contributed by atoms with Crippen LogP contribution >= 0.6 is 11.8 Å². The minimum atomic E-state index is -0.989. The molecular formula is C47H82N4O19S. The highest BCUT2D eigenvalue weighted by Crippen LogP contribution is 2.30. The third-order valence-electron chi connectivity index (χ3n) is 10.5. The van der Waals surface area contributed by atoms with Crippen molar-refractivity contribution >= 4 is 59.2 Å². The average molecular weight is 1040 g/mol. The fourth-order valence-corrected chi connectivity index (χ4v) is 7.69. The first-order valence-corrected chi connectivity index (χ1v) is 24.8. The van der Waals surface area contributed by atoms with Crippen LogP contribution in [0.5, 0.6) is 0 Å². The van der Waals surface area contributed by atoms with E-state index in [2.05, 4.69) is 16.0 Å². The lowest BCUT2D eigenvalue weighted by Gasteiger charge is -2.33. The van der Waals surface area contributed by atoms with Gasteiger partial charge in [0.1, 0.15) is 37.9 Å². The lowest BCUT2D eigenvalue weighted by Crippen LogP contribution is -2.46. The predicted octanol–water partition coefficient (Wildman–Crippen LogP) is 0.706. The molecule has 0 spiro atoms. The second-order valence-corrected chi connectivity index (χ2v) is 20.0. The first-order valence-electron chi connectivity index (χ1n) is 23.8. The zero-order chi connectivity index (χ0) is 53.6. The zero-order valence-corrected chi connectivity index (χ0v) is 44.7. The summed E-state index contributed by atoms with van der Waals surface area (Å²) >= 11 is 1.37. The predicted molar refractivity (Wildman–Crippen MR) is 258 cm³/mol. The Bertz CT molecular complexity index is 1510. The van der Waals surface area contributed by atoms with Crippen molar-refractivity contribution in [1.29, 1.82) is 0 Å². The Morgan fingerprint density at radius 3 is 1.11 bits per heavy atom. The molecule has 71 heavy (non-hydrogen) atoms. The minimum absolute atomic E-state index is 0.00168. The lowest BCUT2D eigenvalue weighted by atomic mass is 9.92. The topological polar surface area (TPSA) is 277 Å². The van der Waals surface area contributed by atoms with Crippen LogP contribution in [0.15, 0.2) is 0 Å². The number of carbonyl (C=O) groups excluding carboxylic acids is 8. The van der Waals surface area contributed by atoms with E-state index in [4.69, 9.17) is 52.1 Å². The van der Waals surface area contributed by atoms with Gasteiger partial charge in [-0.25, -0.2) is 14.4 Å². The van der Waals surface area contributed by atoms with Crippen LogP contribution in [0, 0.1) is 23.2 Å². The number of hydrogen-bond acceptors (Lipinski definition) is 20. The number of thioether (sulfide) groups is 1. The van der Waals surface area contributed by atoms with Crippen molar-refractivity contribution in [3.63, 3.8) is 0 Å². The van der Waals surface area contributed by atoms with Gasteiger partial charge in [0.05, 0.1) is 118 Å². The van der Waals surface area contributed by atoms with Crippen LogP contribution in [0.3, 0.4) is 0 Å². The molecule has 1 aliphatic rings. The number of imide groups is 1. The summed E-state index contributed by atoms with van der Waals surface area (Å²) in [6.45, 7) is 15.8. The minimum Gasteiger partial charge on any atom is -0.467 e. The quantitative estimate of drug-likeness (QED) is 0.0331. The van der Waals surface area contributed by atoms with Gasteiger partial charge in [-0.3, -0.25) is 28.9 Å². The molecule has 0 radical (unpaired) electrons. The largest absolute Gasteiger partial charge is 0.467 e. The summed E-state index contributed by atoms with van der Waals surface area (Å²) < 4.78 is 61.0. The van der Waals surface area contributed by atoms with Gasteiger partial charge in [-0.2, -0.15) is 0 Å². The molecule has 5 amide bonds. The molecular weight excluding hydrogens is 957 g/mol. The molecule has 0 bridgehead atoms. The molecule has 4 unspecified atom stereocenters. The second kappa shape index (κ2) is 35.2. The maximum Gasteiger partial charge on any atom is 0.328 e. The molecule has 4 atom stereocenters. The van der Waals surface area contributed by atoms with Crippen molar-refractivity contribution in [2.45, 2.75) is 97.6 Å². The van der Waals surface area contributed by atoms with Gasteiger partial charge in [0.25, 0.3) is 0 Å². The third kappa shape index (κ3) is 26.0. The molecule has 1 aliphatic heterocycles. The van der Waals surface area contributed by atoms with E-state index < -0.39 is 70.0 Å². The number of methoxy groups -OCH3 is 3. The van der Waals surface area contributed by atoms with E-state index in [-0.39, 0.29) is 135 Å². The highest BCUT2D eigenvalue weighted by molar-refractivity contribution is 8.00. The molecule has 1 rings (SSSR count). The van der Waals surface area contributed by atoms with Crippen LogP contribution in [0.1, 0.15) is 68.7 Å². The standard InChI is InChI=1S/C47H82N4O19S/c1-31(2)39(43(57)60-10)48-35(52)24-64-14-18-68-28-47(29-69-19-15-65-25-36(53)49-40(32(3)4)44(58)61-11,30-70-20-16-66-26-37(54)50-41(33(5)6)45(59)62-12)27-67-17-13-63-21-22-71-34-23-38(55)51(42(34)56)46(7,8)9/h31-34,39-41H,13-30H2,1-12H3,(H,48,52)(H,49,53)(H,50,54). The SMILES string of the molecule is COC(=O)C(NC(=O)COCCOCC(COCCOCCSC1CC(=O)N(C(C)(C)C)C1=O)(COCCOCC(=O)NC(C(=O)OC)C(C)C)COCCOCC(=O)NC(C(=O)OC)C(C)C)C(C)C. The molecule has 23 nitrogen and oxygen atoms in total. The highest BCUT2D eigenvalue weighted by Gasteiger charge is 2.44. The van der Waals surface area contributed by atoms with Gasteiger partial charge in [0.15, 0.2) is 0 Å². The maximum atomic E-state index is 12.9. The van der Waals surface area contributed by atoms with Crippen molar-refractivity contribution in [3.05, 3.63) is 0 Å². The number of nitrogens with zero attached hydrogens (tertiary/aromatic N) is 1. The average Bonchev–Trinajstić information content (AvgIpc) is 3.61. The molecule has 1 fully saturated rings. The van der Waals surface area contributed by atoms with Crippen molar-refractivity contribution in [3.8, 4) is 0 Å². The smallest absolute Gasteiger partial charge is 0.328 e. The first-order chi connectivity index (χ1) is 33.5. The van der Waals surface area contributed by atoms with Gasteiger partial charge in [-0.1, -0.05) is 41.5 Å². The van der Waals surface area contributed by atoms with Gasteiger partial charge >= 0.3 is 17.9 Å². The Hall–Kier alpha value is -4.01. The van der Waals surface area contributed by atoms with Crippen LogP contribution in [-0.2, 0) is 90.5 Å². The number of likely N-dealkylation sites (tertiary alicyclic amines) is 1. The highest BCUT2D eigenvalue weighted by atomic mass is 32.2. The Morgan fingerprint density at radius 2 is 0.831 bits per heavy atom.